The van der Waals surface area contributed by atoms with E-state index in [-0.39, 0.29) is 16.0 Å². The Morgan fingerprint density at radius 3 is 2.55 bits per heavy atom. The Morgan fingerprint density at radius 1 is 1.30 bits per heavy atom. The van der Waals surface area contributed by atoms with Crippen molar-refractivity contribution >= 4 is 11.8 Å². The minimum Gasteiger partial charge on any atom is -0.493 e. The van der Waals surface area contributed by atoms with Crippen molar-refractivity contribution in [2.24, 2.45) is 5.73 Å². The first-order chi connectivity index (χ1) is 15.3. The lowest BCUT2D eigenvalue weighted by molar-refractivity contribution is -0.495. The molecular weight excluding hydrogens is 457 g/mol. The Hall–Kier alpha value is -3.35. The van der Waals surface area contributed by atoms with E-state index in [2.05, 4.69) is 5.32 Å². The van der Waals surface area contributed by atoms with Gasteiger partial charge in [-0.2, -0.15) is 17.6 Å². The van der Waals surface area contributed by atoms with E-state index in [9.17, 15) is 36.4 Å². The molecule has 1 aromatic carbocycles. The number of methoxy groups -OCH3 is 1. The normalized spacial score (nSPS) is 27.3. The number of rotatable bonds is 5. The van der Waals surface area contributed by atoms with Gasteiger partial charge in [0.25, 0.3) is 11.8 Å². The first kappa shape index (κ1) is 24.3. The van der Waals surface area contributed by atoms with Crippen molar-refractivity contribution in [3.05, 3.63) is 58.3 Å². The molecule has 1 saturated heterocycles. The number of ether oxygens (including phenoxy) is 2. The molecule has 1 unspecified atom stereocenters. The number of primary amides is 1. The zero-order chi connectivity index (χ0) is 24.7. The molecule has 8 nitrogen and oxygen atoms in total. The summed E-state index contributed by atoms with van der Waals surface area (Å²) in [4.78, 5) is 35.9. The highest BCUT2D eigenvalue weighted by Gasteiger charge is 2.61. The third kappa shape index (κ3) is 4.45. The van der Waals surface area contributed by atoms with Crippen molar-refractivity contribution in [2.75, 3.05) is 7.11 Å². The van der Waals surface area contributed by atoms with E-state index in [0.29, 0.717) is 6.07 Å². The lowest BCUT2D eigenvalue weighted by Crippen LogP contribution is -2.45. The van der Waals surface area contributed by atoms with Gasteiger partial charge in [0, 0.05) is 33.3 Å². The first-order valence-electron chi connectivity index (χ1n) is 9.51. The summed E-state index contributed by atoms with van der Waals surface area (Å²) in [7, 11) is 1.01. The average Bonchev–Trinajstić information content (AvgIpc) is 3.10. The quantitative estimate of drug-likeness (QED) is 0.501. The van der Waals surface area contributed by atoms with Crippen LogP contribution in [0.15, 0.2) is 36.2 Å². The second kappa shape index (κ2) is 8.54. The summed E-state index contributed by atoms with van der Waals surface area (Å²) in [5, 5.41) is 2.28. The van der Waals surface area contributed by atoms with Gasteiger partial charge in [-0.15, -0.1) is 0 Å². The summed E-state index contributed by atoms with van der Waals surface area (Å²) in [6.07, 6.45) is -4.47. The molecule has 0 aromatic heterocycles. The van der Waals surface area contributed by atoms with Crippen LogP contribution >= 0.6 is 0 Å². The molecule has 0 saturated carbocycles. The van der Waals surface area contributed by atoms with Crippen LogP contribution in [0.3, 0.4) is 0 Å². The molecular formula is C20H19F5N3O5+. The lowest BCUT2D eigenvalue weighted by atomic mass is 9.85. The molecule has 13 heteroatoms. The van der Waals surface area contributed by atoms with Gasteiger partial charge in [0.15, 0.2) is 17.2 Å². The van der Waals surface area contributed by atoms with Crippen molar-refractivity contribution in [1.29, 1.82) is 0 Å². The zero-order valence-corrected chi connectivity index (χ0v) is 17.3. The van der Waals surface area contributed by atoms with Crippen LogP contribution in [0.4, 0.5) is 22.0 Å². The van der Waals surface area contributed by atoms with E-state index in [4.69, 9.17) is 15.2 Å². The summed E-state index contributed by atoms with van der Waals surface area (Å²) >= 11 is 0. The largest absolute Gasteiger partial charge is 0.493 e. The smallest absolute Gasteiger partial charge is 0.417 e. The Kier molecular flexibility index (Phi) is 6.29. The SMILES string of the molecule is COc1c([C@@H]2C[C@](C)(C(F)(F)F)OC2C(=O)NC2=C[C@H](C(N)=O)[N+](=O)C=C2)ccc(F)c1F. The number of allylic oxidation sites excluding steroid dienone is 1. The van der Waals surface area contributed by atoms with Gasteiger partial charge in [0.05, 0.1) is 12.8 Å². The van der Waals surface area contributed by atoms with E-state index in [1.165, 1.54) is 0 Å². The van der Waals surface area contributed by atoms with Gasteiger partial charge in [-0.25, -0.2) is 4.39 Å². The van der Waals surface area contributed by atoms with Crippen molar-refractivity contribution in [3.63, 3.8) is 0 Å². The average molecular weight is 476 g/mol. The third-order valence-electron chi connectivity index (χ3n) is 5.48. The number of alkyl halides is 3. The summed E-state index contributed by atoms with van der Waals surface area (Å²) < 4.78 is 79.2. The van der Waals surface area contributed by atoms with Gasteiger partial charge < -0.3 is 20.5 Å². The maximum absolute atomic E-state index is 14.2. The fourth-order valence-electron chi connectivity index (χ4n) is 3.73. The van der Waals surface area contributed by atoms with Crippen LogP contribution in [0.2, 0.25) is 0 Å². The number of amides is 2. The zero-order valence-electron chi connectivity index (χ0n) is 17.3. The predicted molar refractivity (Wildman–Crippen MR) is 102 cm³/mol. The number of nitroso groups, excluding NO2 is 1. The van der Waals surface area contributed by atoms with E-state index in [1.54, 1.807) is 0 Å². The molecule has 3 rings (SSSR count). The number of carbonyl (C=O) groups is 2. The molecule has 2 heterocycles. The molecule has 0 bridgehead atoms. The summed E-state index contributed by atoms with van der Waals surface area (Å²) in [6, 6.07) is 0.279. The molecule has 1 fully saturated rings. The first-order valence-corrected chi connectivity index (χ1v) is 9.51. The highest BCUT2D eigenvalue weighted by molar-refractivity contribution is 5.86. The molecule has 4 atom stereocenters. The molecule has 2 amide bonds. The highest BCUT2D eigenvalue weighted by atomic mass is 19.4. The lowest BCUT2D eigenvalue weighted by Gasteiger charge is -2.27. The maximum Gasteiger partial charge on any atom is 0.417 e. The Balaban J connectivity index is 1.99. The molecule has 0 radical (unpaired) electrons. The Morgan fingerprint density at radius 2 is 1.97 bits per heavy atom. The number of carbonyl (C=O) groups excluding carboxylic acids is 2. The number of hydrogen-bond donors (Lipinski definition) is 2. The van der Waals surface area contributed by atoms with Crippen molar-refractivity contribution in [2.45, 2.75) is 43.2 Å². The molecule has 0 aliphatic carbocycles. The van der Waals surface area contributed by atoms with Crippen LogP contribution in [0, 0.1) is 16.5 Å². The van der Waals surface area contributed by atoms with Crippen LogP contribution in [0.25, 0.3) is 0 Å². The van der Waals surface area contributed by atoms with E-state index in [0.717, 1.165) is 38.5 Å². The van der Waals surface area contributed by atoms with Crippen molar-refractivity contribution < 1.29 is 45.8 Å². The number of benzene rings is 1. The molecule has 178 valence electrons. The van der Waals surface area contributed by atoms with Gasteiger partial charge in [0.1, 0.15) is 6.10 Å². The monoisotopic (exact) mass is 476 g/mol. The Bertz CT molecular complexity index is 1070. The predicted octanol–water partition coefficient (Wildman–Crippen LogP) is 2.33. The molecule has 1 aromatic rings. The number of nitrogens with one attached hydrogen (secondary N) is 1. The van der Waals surface area contributed by atoms with Gasteiger partial charge in [0.2, 0.25) is 12.0 Å². The van der Waals surface area contributed by atoms with Crippen molar-refractivity contribution in [1.82, 2.24) is 5.32 Å². The van der Waals surface area contributed by atoms with Crippen LogP contribution in [-0.2, 0) is 14.3 Å². The number of nitrogens with zero attached hydrogens (tertiary/aromatic N) is 1. The van der Waals surface area contributed by atoms with Crippen LogP contribution in [-0.4, -0.2) is 47.6 Å². The fourth-order valence-corrected chi connectivity index (χ4v) is 3.73. The molecule has 33 heavy (non-hydrogen) atoms. The topological polar surface area (TPSA) is 111 Å². The fraction of sp³-hybridized carbons (Fsp3) is 0.400. The second-order valence-electron chi connectivity index (χ2n) is 7.70. The summed E-state index contributed by atoms with van der Waals surface area (Å²) in [5.74, 6) is -6.83. The van der Waals surface area contributed by atoms with Crippen LogP contribution in [0.5, 0.6) is 5.75 Å². The van der Waals surface area contributed by atoms with Gasteiger partial charge in [-0.05, 0) is 19.4 Å². The maximum atomic E-state index is 14.2. The molecule has 3 N–H and O–H groups in total. The number of halogens is 5. The van der Waals surface area contributed by atoms with Crippen LogP contribution in [0.1, 0.15) is 24.8 Å². The second-order valence-corrected chi connectivity index (χ2v) is 7.70. The molecule has 2 aliphatic rings. The van der Waals surface area contributed by atoms with E-state index in [1.807, 2.05) is 0 Å². The Labute approximate surface area is 183 Å². The highest BCUT2D eigenvalue weighted by Crippen LogP contribution is 2.51. The number of hydrogen-bond acceptors (Lipinski definition) is 5. The number of nitrogens with two attached hydrogens (primary N) is 1. The standard InChI is InChI=1S/C20H18F5N3O5/c1-19(20(23,24)25)8-11(10-3-4-12(21)14(22)15(10)32-2)16(33-19)18(30)27-9-5-6-28(31)13(7-9)17(26)29/h3-7,11,13,16H,8H2,1-2H3,(H2-,26,27,29,30)/p+1/t11-,13+,16?,19+/m0/s1. The van der Waals surface area contributed by atoms with Gasteiger partial charge in [-0.1, -0.05) is 6.07 Å². The minimum absolute atomic E-state index is 0.0869. The van der Waals surface area contributed by atoms with Gasteiger partial charge >= 0.3 is 12.2 Å². The minimum atomic E-state index is -4.89. The van der Waals surface area contributed by atoms with E-state index >= 15 is 0 Å². The van der Waals surface area contributed by atoms with E-state index < -0.39 is 65.5 Å². The molecule has 2 aliphatic heterocycles. The van der Waals surface area contributed by atoms with Crippen molar-refractivity contribution in [3.8, 4) is 5.75 Å². The summed E-state index contributed by atoms with van der Waals surface area (Å²) in [5.41, 5.74) is 2.04. The van der Waals surface area contributed by atoms with Gasteiger partial charge in [-0.3, -0.25) is 9.59 Å². The summed E-state index contributed by atoms with van der Waals surface area (Å²) in [6.45, 7) is 0.734. The third-order valence-corrected chi connectivity index (χ3v) is 5.48. The van der Waals surface area contributed by atoms with Crippen LogP contribution < -0.4 is 15.8 Å². The molecule has 0 spiro atoms.